The molecule has 1 aromatic heterocycles. The van der Waals surface area contributed by atoms with Gasteiger partial charge in [-0.15, -0.1) is 0 Å². The standard InChI is InChI=1S/C20H19NO3/c1-13(2)21-18(14-3-5-16(6-4-14)20(23)24)11-12-19(21)15-7-9-17(22)10-8-15/h3-13,22H,1-2H3,(H,23,24). The fourth-order valence-electron chi connectivity index (χ4n) is 2.89. The molecule has 4 heteroatoms. The zero-order chi connectivity index (χ0) is 17.3. The van der Waals surface area contributed by atoms with E-state index in [0.717, 1.165) is 22.5 Å². The first-order valence-corrected chi connectivity index (χ1v) is 7.81. The minimum absolute atomic E-state index is 0.234. The molecule has 2 N–H and O–H groups in total. The number of aromatic nitrogens is 1. The number of rotatable bonds is 4. The van der Waals surface area contributed by atoms with Gasteiger partial charge in [0.2, 0.25) is 0 Å². The summed E-state index contributed by atoms with van der Waals surface area (Å²) < 4.78 is 2.21. The molecular weight excluding hydrogens is 302 g/mol. The molecule has 0 aliphatic heterocycles. The lowest BCUT2D eigenvalue weighted by molar-refractivity contribution is 0.0697. The molecule has 0 bridgehead atoms. The smallest absolute Gasteiger partial charge is 0.335 e. The van der Waals surface area contributed by atoms with Gasteiger partial charge in [-0.1, -0.05) is 12.1 Å². The van der Waals surface area contributed by atoms with Crippen molar-refractivity contribution in [2.45, 2.75) is 19.9 Å². The van der Waals surface area contributed by atoms with E-state index >= 15 is 0 Å². The zero-order valence-electron chi connectivity index (χ0n) is 13.6. The summed E-state index contributed by atoms with van der Waals surface area (Å²) in [6, 6.07) is 18.4. The van der Waals surface area contributed by atoms with Crippen LogP contribution in [0.1, 0.15) is 30.2 Å². The molecule has 0 aliphatic rings. The monoisotopic (exact) mass is 321 g/mol. The normalized spacial score (nSPS) is 11.0. The first kappa shape index (κ1) is 15.9. The van der Waals surface area contributed by atoms with Crippen LogP contribution in [0.2, 0.25) is 0 Å². The second kappa shape index (κ2) is 6.24. The Labute approximate surface area is 140 Å². The summed E-state index contributed by atoms with van der Waals surface area (Å²) in [5.41, 5.74) is 4.36. The van der Waals surface area contributed by atoms with E-state index < -0.39 is 5.97 Å². The number of aromatic carboxylic acids is 1. The van der Waals surface area contributed by atoms with Crippen LogP contribution in [-0.2, 0) is 0 Å². The molecule has 3 aromatic rings. The minimum Gasteiger partial charge on any atom is -0.508 e. The van der Waals surface area contributed by atoms with E-state index in [2.05, 4.69) is 18.4 Å². The van der Waals surface area contributed by atoms with Gasteiger partial charge < -0.3 is 14.8 Å². The lowest BCUT2D eigenvalue weighted by Gasteiger charge is -2.18. The van der Waals surface area contributed by atoms with Gasteiger partial charge in [-0.3, -0.25) is 0 Å². The highest BCUT2D eigenvalue weighted by molar-refractivity contribution is 5.88. The number of hydrogen-bond acceptors (Lipinski definition) is 2. The quantitative estimate of drug-likeness (QED) is 0.725. The Morgan fingerprint density at radius 3 is 1.71 bits per heavy atom. The van der Waals surface area contributed by atoms with Gasteiger partial charge in [-0.2, -0.15) is 0 Å². The second-order valence-electron chi connectivity index (χ2n) is 6.00. The number of phenols is 1. The van der Waals surface area contributed by atoms with Crippen LogP contribution in [0.5, 0.6) is 5.75 Å². The van der Waals surface area contributed by atoms with Crippen molar-refractivity contribution in [2.24, 2.45) is 0 Å². The number of benzene rings is 2. The molecule has 0 amide bonds. The molecule has 2 aromatic carbocycles. The SMILES string of the molecule is CC(C)n1c(-c2ccc(O)cc2)ccc1-c1ccc(C(=O)O)cc1. The number of hydrogen-bond donors (Lipinski definition) is 2. The van der Waals surface area contributed by atoms with Crippen LogP contribution in [0.15, 0.2) is 60.7 Å². The molecular formula is C20H19NO3. The number of nitrogens with zero attached hydrogens (tertiary/aromatic N) is 1. The summed E-state index contributed by atoms with van der Waals surface area (Å²) in [5, 5.41) is 18.5. The van der Waals surface area contributed by atoms with Gasteiger partial charge in [-0.25, -0.2) is 4.79 Å². The van der Waals surface area contributed by atoms with Crippen molar-refractivity contribution in [3.63, 3.8) is 0 Å². The molecule has 122 valence electrons. The summed E-state index contributed by atoms with van der Waals surface area (Å²) in [5.74, 6) is -0.684. The van der Waals surface area contributed by atoms with Crippen LogP contribution in [0.25, 0.3) is 22.5 Å². The van der Waals surface area contributed by atoms with Gasteiger partial charge in [0.25, 0.3) is 0 Å². The molecule has 0 unspecified atom stereocenters. The predicted molar refractivity (Wildman–Crippen MR) is 94.3 cm³/mol. The molecule has 0 atom stereocenters. The third-order valence-corrected chi connectivity index (χ3v) is 4.03. The van der Waals surface area contributed by atoms with Gasteiger partial charge in [0.15, 0.2) is 0 Å². The van der Waals surface area contributed by atoms with Crippen LogP contribution in [0.3, 0.4) is 0 Å². The molecule has 24 heavy (non-hydrogen) atoms. The molecule has 3 rings (SSSR count). The maximum absolute atomic E-state index is 11.0. The third-order valence-electron chi connectivity index (χ3n) is 4.03. The van der Waals surface area contributed by atoms with Gasteiger partial charge in [0.1, 0.15) is 5.75 Å². The summed E-state index contributed by atoms with van der Waals surface area (Å²) in [4.78, 5) is 11.0. The van der Waals surface area contributed by atoms with Crippen molar-refractivity contribution in [1.29, 1.82) is 0 Å². The Balaban J connectivity index is 2.09. The van der Waals surface area contributed by atoms with E-state index in [1.54, 1.807) is 24.3 Å². The van der Waals surface area contributed by atoms with E-state index in [1.807, 2.05) is 36.4 Å². The zero-order valence-corrected chi connectivity index (χ0v) is 13.6. The van der Waals surface area contributed by atoms with E-state index in [9.17, 15) is 9.90 Å². The maximum Gasteiger partial charge on any atom is 0.335 e. The lowest BCUT2D eigenvalue weighted by atomic mass is 10.1. The first-order chi connectivity index (χ1) is 11.5. The van der Waals surface area contributed by atoms with Gasteiger partial charge in [0, 0.05) is 17.4 Å². The molecule has 0 radical (unpaired) electrons. The Morgan fingerprint density at radius 1 is 0.833 bits per heavy atom. The second-order valence-corrected chi connectivity index (χ2v) is 6.00. The minimum atomic E-state index is -0.925. The summed E-state index contributed by atoms with van der Waals surface area (Å²) in [6.45, 7) is 4.22. The summed E-state index contributed by atoms with van der Waals surface area (Å²) >= 11 is 0. The number of carboxylic acids is 1. The Hall–Kier alpha value is -3.01. The fourth-order valence-corrected chi connectivity index (χ4v) is 2.89. The van der Waals surface area contributed by atoms with Crippen LogP contribution in [-0.4, -0.2) is 20.7 Å². The van der Waals surface area contributed by atoms with E-state index in [-0.39, 0.29) is 17.4 Å². The average molecular weight is 321 g/mol. The van der Waals surface area contributed by atoms with E-state index in [1.165, 1.54) is 0 Å². The molecule has 4 nitrogen and oxygen atoms in total. The first-order valence-electron chi connectivity index (χ1n) is 7.81. The van der Waals surface area contributed by atoms with Crippen LogP contribution >= 0.6 is 0 Å². The van der Waals surface area contributed by atoms with Crippen molar-refractivity contribution in [2.75, 3.05) is 0 Å². The average Bonchev–Trinajstić information content (AvgIpc) is 3.01. The lowest BCUT2D eigenvalue weighted by Crippen LogP contribution is -2.05. The Morgan fingerprint density at radius 2 is 1.29 bits per heavy atom. The van der Waals surface area contributed by atoms with Crippen LogP contribution in [0, 0.1) is 0 Å². The highest BCUT2D eigenvalue weighted by Crippen LogP contribution is 2.33. The molecule has 0 fully saturated rings. The number of carboxylic acid groups (broad SMARTS) is 1. The number of aromatic hydroxyl groups is 1. The number of phenolic OH excluding ortho intramolecular Hbond substituents is 1. The van der Waals surface area contributed by atoms with Crippen molar-refractivity contribution >= 4 is 5.97 Å². The largest absolute Gasteiger partial charge is 0.508 e. The maximum atomic E-state index is 11.0. The molecule has 0 saturated heterocycles. The Kier molecular flexibility index (Phi) is 4.13. The van der Waals surface area contributed by atoms with E-state index in [4.69, 9.17) is 5.11 Å². The van der Waals surface area contributed by atoms with Crippen molar-refractivity contribution < 1.29 is 15.0 Å². The number of carbonyl (C=O) groups is 1. The van der Waals surface area contributed by atoms with Crippen molar-refractivity contribution in [3.05, 3.63) is 66.2 Å². The summed E-state index contributed by atoms with van der Waals surface area (Å²) in [7, 11) is 0. The van der Waals surface area contributed by atoms with E-state index in [0.29, 0.717) is 0 Å². The van der Waals surface area contributed by atoms with Crippen LogP contribution < -0.4 is 0 Å². The summed E-state index contributed by atoms with van der Waals surface area (Å²) in [6.07, 6.45) is 0. The van der Waals surface area contributed by atoms with Gasteiger partial charge >= 0.3 is 5.97 Å². The molecule has 0 aliphatic carbocycles. The van der Waals surface area contributed by atoms with Crippen LogP contribution in [0.4, 0.5) is 0 Å². The third kappa shape index (κ3) is 2.91. The van der Waals surface area contributed by atoms with Crippen molar-refractivity contribution in [3.8, 4) is 28.3 Å². The predicted octanol–water partition coefficient (Wildman–Crippen LogP) is 4.81. The van der Waals surface area contributed by atoms with Gasteiger partial charge in [0.05, 0.1) is 5.56 Å². The Bertz CT molecular complexity index is 859. The highest BCUT2D eigenvalue weighted by atomic mass is 16.4. The van der Waals surface area contributed by atoms with Gasteiger partial charge in [-0.05, 0) is 73.5 Å². The molecule has 0 spiro atoms. The fraction of sp³-hybridized carbons (Fsp3) is 0.150. The van der Waals surface area contributed by atoms with Crippen molar-refractivity contribution in [1.82, 2.24) is 4.57 Å². The molecule has 0 saturated carbocycles. The highest BCUT2D eigenvalue weighted by Gasteiger charge is 2.14. The molecule has 1 heterocycles. The topological polar surface area (TPSA) is 62.5 Å².